The summed E-state index contributed by atoms with van der Waals surface area (Å²) in [6.45, 7) is 1.73. The monoisotopic (exact) mass is 383 g/mol. The Hall–Kier alpha value is -2.38. The number of hydrogen-bond donors (Lipinski definition) is 1. The van der Waals surface area contributed by atoms with Crippen molar-refractivity contribution in [3.8, 4) is 0 Å². The van der Waals surface area contributed by atoms with Gasteiger partial charge in [0.25, 0.3) is 11.5 Å². The van der Waals surface area contributed by atoms with E-state index in [0.29, 0.717) is 23.7 Å². The van der Waals surface area contributed by atoms with Crippen LogP contribution < -0.4 is 10.9 Å². The fraction of sp³-hybridized carbons (Fsp3) is 0.250. The Morgan fingerprint density at radius 2 is 2.00 bits per heavy atom. The predicted molar refractivity (Wildman–Crippen MR) is 94.2 cm³/mol. The number of aromatic nitrogens is 2. The number of carbonyl (C=O) groups excluding carboxylic acids is 2. The van der Waals surface area contributed by atoms with E-state index in [1.54, 1.807) is 18.2 Å². The molecule has 0 unspecified atom stereocenters. The second-order valence-corrected chi connectivity index (χ2v) is 5.79. The average Bonchev–Trinajstić information content (AvgIpc) is 2.59. The van der Waals surface area contributed by atoms with Crippen LogP contribution in [-0.4, -0.2) is 28.3 Å². The van der Waals surface area contributed by atoms with E-state index < -0.39 is 18.5 Å². The summed E-state index contributed by atoms with van der Waals surface area (Å²) in [6.07, 6.45) is 0.689. The lowest BCUT2D eigenvalue weighted by Gasteiger charge is -2.09. The maximum Gasteiger partial charge on any atom is 0.359 e. The van der Waals surface area contributed by atoms with E-state index in [9.17, 15) is 14.4 Å². The smallest absolute Gasteiger partial charge is 0.359 e. The van der Waals surface area contributed by atoms with Crippen molar-refractivity contribution in [1.29, 1.82) is 0 Å². The zero-order chi connectivity index (χ0) is 18.4. The van der Waals surface area contributed by atoms with Crippen LogP contribution in [0.1, 0.15) is 23.8 Å². The zero-order valence-corrected chi connectivity index (χ0v) is 14.8. The summed E-state index contributed by atoms with van der Waals surface area (Å²) in [6, 6.07) is 7.25. The predicted octanol–water partition coefficient (Wildman–Crippen LogP) is 2.76. The molecule has 1 amide bonds. The van der Waals surface area contributed by atoms with E-state index in [4.69, 9.17) is 27.9 Å². The molecule has 25 heavy (non-hydrogen) atoms. The van der Waals surface area contributed by atoms with Gasteiger partial charge in [-0.3, -0.25) is 9.59 Å². The molecule has 7 nitrogen and oxygen atoms in total. The minimum absolute atomic E-state index is 0.0540. The van der Waals surface area contributed by atoms with Gasteiger partial charge in [0.2, 0.25) is 0 Å². The number of anilines is 1. The lowest BCUT2D eigenvalue weighted by Crippen LogP contribution is -2.26. The normalized spacial score (nSPS) is 10.4. The van der Waals surface area contributed by atoms with E-state index in [1.165, 1.54) is 16.8 Å². The number of rotatable bonds is 6. The van der Waals surface area contributed by atoms with Gasteiger partial charge in [0.1, 0.15) is 0 Å². The number of aryl methyl sites for hydroxylation is 1. The molecule has 0 saturated heterocycles. The van der Waals surface area contributed by atoms with Crippen LogP contribution in [0, 0.1) is 0 Å². The number of nitrogens with zero attached hydrogens (tertiary/aromatic N) is 2. The topological polar surface area (TPSA) is 90.3 Å². The van der Waals surface area contributed by atoms with Gasteiger partial charge in [-0.25, -0.2) is 9.48 Å². The van der Waals surface area contributed by atoms with Crippen molar-refractivity contribution in [1.82, 2.24) is 9.78 Å². The number of ether oxygens (including phenoxy) is 1. The summed E-state index contributed by atoms with van der Waals surface area (Å²) < 4.78 is 6.07. The SMILES string of the molecule is CCCn1nc(C(=O)OCC(=O)Nc2cccc(Cl)c2Cl)ccc1=O. The second-order valence-electron chi connectivity index (χ2n) is 5.01. The van der Waals surface area contributed by atoms with Gasteiger partial charge in [0, 0.05) is 12.6 Å². The van der Waals surface area contributed by atoms with Gasteiger partial charge in [0.15, 0.2) is 12.3 Å². The van der Waals surface area contributed by atoms with Crippen molar-refractivity contribution in [2.24, 2.45) is 0 Å². The number of esters is 1. The number of halogens is 2. The second kappa shape index (κ2) is 8.64. The Morgan fingerprint density at radius 1 is 1.24 bits per heavy atom. The van der Waals surface area contributed by atoms with Crippen LogP contribution in [0.25, 0.3) is 0 Å². The molecule has 0 aliphatic carbocycles. The van der Waals surface area contributed by atoms with Crippen molar-refractivity contribution in [2.75, 3.05) is 11.9 Å². The summed E-state index contributed by atoms with van der Waals surface area (Å²) in [7, 11) is 0. The Labute approximate surface area is 153 Å². The first-order valence-corrected chi connectivity index (χ1v) is 8.17. The van der Waals surface area contributed by atoms with Crippen LogP contribution in [0.5, 0.6) is 0 Å². The molecule has 0 saturated carbocycles. The molecule has 1 aromatic heterocycles. The molecular weight excluding hydrogens is 369 g/mol. The summed E-state index contributed by atoms with van der Waals surface area (Å²) in [5.74, 6) is -1.39. The van der Waals surface area contributed by atoms with Crippen molar-refractivity contribution < 1.29 is 14.3 Å². The van der Waals surface area contributed by atoms with Gasteiger partial charge >= 0.3 is 5.97 Å². The van der Waals surface area contributed by atoms with Gasteiger partial charge in [0.05, 0.1) is 15.7 Å². The van der Waals surface area contributed by atoms with Crippen LogP contribution in [0.4, 0.5) is 5.69 Å². The summed E-state index contributed by atoms with van der Waals surface area (Å²) >= 11 is 11.8. The first-order chi connectivity index (χ1) is 11.9. The standard InChI is InChI=1S/C16H15Cl2N3O4/c1-2-8-21-14(23)7-6-12(20-21)16(24)25-9-13(22)19-11-5-3-4-10(17)15(11)18/h3-7H,2,8-9H2,1H3,(H,19,22). The third-order valence-electron chi connectivity index (χ3n) is 3.07. The Morgan fingerprint density at radius 3 is 2.72 bits per heavy atom. The average molecular weight is 384 g/mol. The van der Waals surface area contributed by atoms with Gasteiger partial charge in [-0.1, -0.05) is 36.2 Å². The number of amides is 1. The molecule has 0 atom stereocenters. The largest absolute Gasteiger partial charge is 0.451 e. The summed E-state index contributed by atoms with van der Waals surface area (Å²) in [5, 5.41) is 6.88. The molecule has 0 radical (unpaired) electrons. The van der Waals surface area contributed by atoms with E-state index in [2.05, 4.69) is 10.4 Å². The number of carbonyl (C=O) groups is 2. The Bertz CT molecular complexity index is 852. The molecule has 0 fully saturated rings. The highest BCUT2D eigenvalue weighted by atomic mass is 35.5. The maximum absolute atomic E-state index is 12.0. The molecule has 1 N–H and O–H groups in total. The lowest BCUT2D eigenvalue weighted by atomic mass is 10.3. The summed E-state index contributed by atoms with van der Waals surface area (Å²) in [4.78, 5) is 35.4. The highest BCUT2D eigenvalue weighted by Crippen LogP contribution is 2.29. The fourth-order valence-electron chi connectivity index (χ4n) is 1.92. The number of benzene rings is 1. The molecule has 1 aromatic carbocycles. The van der Waals surface area contributed by atoms with Crippen molar-refractivity contribution in [2.45, 2.75) is 19.9 Å². The molecule has 2 rings (SSSR count). The molecule has 1 heterocycles. The lowest BCUT2D eigenvalue weighted by molar-refractivity contribution is -0.119. The molecule has 132 valence electrons. The first-order valence-electron chi connectivity index (χ1n) is 7.41. The van der Waals surface area contributed by atoms with E-state index >= 15 is 0 Å². The van der Waals surface area contributed by atoms with Crippen LogP contribution in [0.2, 0.25) is 10.0 Å². The maximum atomic E-state index is 12.0. The molecule has 0 bridgehead atoms. The van der Waals surface area contributed by atoms with Gasteiger partial charge < -0.3 is 10.1 Å². The third kappa shape index (κ3) is 5.04. The van der Waals surface area contributed by atoms with Crippen LogP contribution in [-0.2, 0) is 16.1 Å². The zero-order valence-electron chi connectivity index (χ0n) is 13.3. The molecule has 0 aliphatic rings. The van der Waals surface area contributed by atoms with Crippen LogP contribution in [0.15, 0.2) is 35.1 Å². The van der Waals surface area contributed by atoms with Crippen molar-refractivity contribution >= 4 is 40.8 Å². The molecular formula is C16H15Cl2N3O4. The first kappa shape index (κ1) is 19.0. The molecule has 0 aliphatic heterocycles. The highest BCUT2D eigenvalue weighted by Gasteiger charge is 2.14. The van der Waals surface area contributed by atoms with Crippen LogP contribution in [0.3, 0.4) is 0 Å². The van der Waals surface area contributed by atoms with E-state index in [1.807, 2.05) is 6.92 Å². The molecule has 2 aromatic rings. The van der Waals surface area contributed by atoms with Crippen molar-refractivity contribution in [3.05, 3.63) is 56.4 Å². The minimum Gasteiger partial charge on any atom is -0.451 e. The Kier molecular flexibility index (Phi) is 6.55. The Balaban J connectivity index is 1.97. The van der Waals surface area contributed by atoms with E-state index in [-0.39, 0.29) is 16.3 Å². The minimum atomic E-state index is -0.808. The molecule has 9 heteroatoms. The van der Waals surface area contributed by atoms with E-state index in [0.717, 1.165) is 0 Å². The van der Waals surface area contributed by atoms with Crippen LogP contribution >= 0.6 is 23.2 Å². The van der Waals surface area contributed by atoms with Gasteiger partial charge in [-0.2, -0.15) is 5.10 Å². The quantitative estimate of drug-likeness (QED) is 0.774. The third-order valence-corrected chi connectivity index (χ3v) is 3.89. The van der Waals surface area contributed by atoms with Gasteiger partial charge in [-0.05, 0) is 24.6 Å². The number of hydrogen-bond acceptors (Lipinski definition) is 5. The highest BCUT2D eigenvalue weighted by molar-refractivity contribution is 6.44. The number of nitrogens with one attached hydrogen (secondary N) is 1. The van der Waals surface area contributed by atoms with Gasteiger partial charge in [-0.15, -0.1) is 0 Å². The fourth-order valence-corrected chi connectivity index (χ4v) is 2.27. The van der Waals surface area contributed by atoms with Crippen molar-refractivity contribution in [3.63, 3.8) is 0 Å². The summed E-state index contributed by atoms with van der Waals surface area (Å²) in [5.41, 5.74) is -0.0572. The molecule has 0 spiro atoms.